The first-order chi connectivity index (χ1) is 20.3. The van der Waals surface area contributed by atoms with Crippen molar-refractivity contribution in [3.63, 3.8) is 0 Å². The molecule has 0 aliphatic carbocycles. The van der Waals surface area contributed by atoms with E-state index >= 15 is 0 Å². The molecule has 0 spiro atoms. The van der Waals surface area contributed by atoms with Crippen LogP contribution in [-0.4, -0.2) is 0 Å². The molecule has 1 atom stereocenters. The summed E-state index contributed by atoms with van der Waals surface area (Å²) in [5.41, 5.74) is 4.59. The largest absolute Gasteiger partial charge is 0.464 e. The Labute approximate surface area is 237 Å². The monoisotopic (exact) mass is 523 g/mol. The first-order valence-electron chi connectivity index (χ1n) is 14.1. The number of benzene rings is 8. The number of nitrogens with one attached hydrogen (secondary N) is 1. The maximum absolute atomic E-state index is 6.54. The van der Waals surface area contributed by atoms with Gasteiger partial charge in [0, 0.05) is 10.9 Å². The molecule has 0 aromatic heterocycles. The molecule has 2 heteroatoms. The van der Waals surface area contributed by atoms with Crippen LogP contribution >= 0.6 is 0 Å². The lowest BCUT2D eigenvalue weighted by molar-refractivity contribution is 0.263. The van der Waals surface area contributed by atoms with Gasteiger partial charge in [-0.15, -0.1) is 0 Å². The van der Waals surface area contributed by atoms with E-state index in [2.05, 4.69) is 139 Å². The highest BCUT2D eigenvalue weighted by Gasteiger charge is 2.26. The molecule has 41 heavy (non-hydrogen) atoms. The van der Waals surface area contributed by atoms with Gasteiger partial charge < -0.3 is 10.1 Å². The topological polar surface area (TPSA) is 21.3 Å². The Morgan fingerprint density at radius 3 is 1.73 bits per heavy atom. The zero-order chi connectivity index (χ0) is 26.9. The highest BCUT2D eigenvalue weighted by atomic mass is 16.5. The van der Waals surface area contributed by atoms with Gasteiger partial charge in [0.25, 0.3) is 0 Å². The zero-order valence-electron chi connectivity index (χ0n) is 22.3. The Kier molecular flexibility index (Phi) is 4.70. The van der Waals surface area contributed by atoms with Crippen molar-refractivity contribution in [2.75, 3.05) is 5.32 Å². The third-order valence-electron chi connectivity index (χ3n) is 8.66. The lowest BCUT2D eigenvalue weighted by atomic mass is 9.91. The molecule has 1 aliphatic heterocycles. The molecule has 0 saturated carbocycles. The second-order valence-electron chi connectivity index (χ2n) is 10.9. The van der Waals surface area contributed by atoms with E-state index in [1.54, 1.807) is 0 Å². The molecule has 0 bridgehead atoms. The maximum atomic E-state index is 6.54. The van der Waals surface area contributed by atoms with Gasteiger partial charge in [-0.1, -0.05) is 121 Å². The fourth-order valence-electron chi connectivity index (χ4n) is 6.69. The fourth-order valence-corrected chi connectivity index (χ4v) is 6.69. The molecular formula is C39H25NO. The molecule has 2 nitrogen and oxygen atoms in total. The van der Waals surface area contributed by atoms with E-state index in [0.717, 1.165) is 22.4 Å². The Hall–Kier alpha value is -5.34. The van der Waals surface area contributed by atoms with Gasteiger partial charge in [-0.2, -0.15) is 0 Å². The van der Waals surface area contributed by atoms with Crippen molar-refractivity contribution in [3.05, 3.63) is 145 Å². The van der Waals surface area contributed by atoms with E-state index in [1.807, 2.05) is 6.07 Å². The molecule has 8 aromatic carbocycles. The molecule has 0 fully saturated rings. The van der Waals surface area contributed by atoms with E-state index in [9.17, 15) is 0 Å². The molecular weight excluding hydrogens is 498 g/mol. The minimum Gasteiger partial charge on any atom is -0.464 e. The molecule has 1 unspecified atom stereocenters. The van der Waals surface area contributed by atoms with E-state index in [4.69, 9.17) is 4.74 Å². The molecule has 0 saturated heterocycles. The number of fused-ring (bicyclic) bond motifs is 11. The Bertz CT molecular complexity index is 2280. The van der Waals surface area contributed by atoms with Gasteiger partial charge in [-0.3, -0.25) is 0 Å². The van der Waals surface area contributed by atoms with E-state index in [0.29, 0.717) is 0 Å². The quantitative estimate of drug-likeness (QED) is 0.228. The predicted octanol–water partition coefficient (Wildman–Crippen LogP) is 10.6. The molecule has 8 aromatic rings. The molecule has 9 rings (SSSR count). The van der Waals surface area contributed by atoms with Crippen molar-refractivity contribution in [1.82, 2.24) is 0 Å². The van der Waals surface area contributed by atoms with Crippen LogP contribution in [0.4, 0.5) is 5.69 Å². The predicted molar refractivity (Wildman–Crippen MR) is 173 cm³/mol. The first kappa shape index (κ1) is 22.5. The average Bonchev–Trinajstić information content (AvgIpc) is 3.49. The molecule has 1 heterocycles. The third kappa shape index (κ3) is 3.38. The summed E-state index contributed by atoms with van der Waals surface area (Å²) < 4.78 is 6.54. The van der Waals surface area contributed by atoms with Crippen molar-refractivity contribution in [3.8, 4) is 16.9 Å². The highest BCUT2D eigenvalue weighted by molar-refractivity contribution is 6.25. The number of ether oxygens (including phenoxy) is 1. The zero-order valence-corrected chi connectivity index (χ0v) is 22.3. The maximum Gasteiger partial charge on any atom is 0.196 e. The average molecular weight is 524 g/mol. The van der Waals surface area contributed by atoms with Gasteiger partial charge in [-0.25, -0.2) is 0 Å². The molecule has 1 aliphatic rings. The van der Waals surface area contributed by atoms with Gasteiger partial charge in [0.1, 0.15) is 0 Å². The number of anilines is 1. The van der Waals surface area contributed by atoms with Gasteiger partial charge in [0.05, 0.1) is 5.69 Å². The van der Waals surface area contributed by atoms with E-state index < -0.39 is 0 Å². The van der Waals surface area contributed by atoms with E-state index in [-0.39, 0.29) is 6.23 Å². The van der Waals surface area contributed by atoms with Crippen LogP contribution in [0.25, 0.3) is 65.0 Å². The number of rotatable bonds is 2. The number of hydrogen-bond acceptors (Lipinski definition) is 2. The van der Waals surface area contributed by atoms with Crippen LogP contribution in [0.15, 0.2) is 140 Å². The van der Waals surface area contributed by atoms with Crippen LogP contribution in [0.2, 0.25) is 0 Å². The van der Waals surface area contributed by atoms with Crippen LogP contribution in [0.1, 0.15) is 11.8 Å². The summed E-state index contributed by atoms with van der Waals surface area (Å²) in [6, 6.07) is 50.3. The van der Waals surface area contributed by atoms with E-state index in [1.165, 1.54) is 59.6 Å². The van der Waals surface area contributed by atoms with Crippen LogP contribution in [0.3, 0.4) is 0 Å². The summed E-state index contributed by atoms with van der Waals surface area (Å²) in [5.74, 6) is 0.929. The summed E-state index contributed by atoms with van der Waals surface area (Å²) in [7, 11) is 0. The van der Waals surface area contributed by atoms with Crippen molar-refractivity contribution in [1.29, 1.82) is 0 Å². The fraction of sp³-hybridized carbons (Fsp3) is 0.0256. The summed E-state index contributed by atoms with van der Waals surface area (Å²) in [5, 5.41) is 16.1. The third-order valence-corrected chi connectivity index (χ3v) is 8.66. The molecule has 1 N–H and O–H groups in total. The minimum atomic E-state index is -0.185. The summed E-state index contributed by atoms with van der Waals surface area (Å²) in [4.78, 5) is 0. The van der Waals surface area contributed by atoms with Crippen molar-refractivity contribution < 1.29 is 4.74 Å². The summed E-state index contributed by atoms with van der Waals surface area (Å²) in [6.07, 6.45) is -0.185. The van der Waals surface area contributed by atoms with Crippen molar-refractivity contribution in [2.45, 2.75) is 6.23 Å². The van der Waals surface area contributed by atoms with Gasteiger partial charge in [-0.05, 0) is 77.8 Å². The Balaban J connectivity index is 1.21. The highest BCUT2D eigenvalue weighted by Crippen LogP contribution is 2.46. The lowest BCUT2D eigenvalue weighted by Gasteiger charge is -2.13. The van der Waals surface area contributed by atoms with Gasteiger partial charge in [0.2, 0.25) is 0 Å². The first-order valence-corrected chi connectivity index (χ1v) is 14.1. The normalized spacial score (nSPS) is 14.5. The number of hydrogen-bond donors (Lipinski definition) is 1. The van der Waals surface area contributed by atoms with Crippen molar-refractivity contribution in [2.24, 2.45) is 0 Å². The summed E-state index contributed by atoms with van der Waals surface area (Å²) >= 11 is 0. The summed E-state index contributed by atoms with van der Waals surface area (Å²) in [6.45, 7) is 0. The second kappa shape index (κ2) is 8.58. The van der Waals surface area contributed by atoms with Gasteiger partial charge in [0.15, 0.2) is 12.0 Å². The van der Waals surface area contributed by atoms with Crippen molar-refractivity contribution >= 4 is 59.5 Å². The molecule has 192 valence electrons. The Morgan fingerprint density at radius 1 is 0.439 bits per heavy atom. The van der Waals surface area contributed by atoms with Crippen LogP contribution in [-0.2, 0) is 0 Å². The van der Waals surface area contributed by atoms with Crippen LogP contribution < -0.4 is 10.1 Å². The second-order valence-corrected chi connectivity index (χ2v) is 10.9. The molecule has 0 radical (unpaired) electrons. The minimum absolute atomic E-state index is 0.185. The molecule has 0 amide bonds. The van der Waals surface area contributed by atoms with Crippen LogP contribution in [0.5, 0.6) is 5.75 Å². The smallest absolute Gasteiger partial charge is 0.196 e. The van der Waals surface area contributed by atoms with Crippen LogP contribution in [0, 0.1) is 0 Å². The standard InChI is InChI=1S/C39H25NO/c1-2-8-25(9-3-1)39-40-36-21-18-24-14-15-28-22-26(16-19-29(28)37(24)38(36)41-39)27-17-20-34-32-12-5-4-10-30(32)31-11-6-7-13-33(31)35(34)23-27/h1-23,39-40H. The van der Waals surface area contributed by atoms with Gasteiger partial charge >= 0.3 is 0 Å². The SMILES string of the molecule is c1ccc(C2Nc3ccc4ccc5cc(-c6ccc7c8ccccc8c8ccccc8c7c6)ccc5c4c3O2)cc1. The Morgan fingerprint density at radius 2 is 1.00 bits per heavy atom. The lowest BCUT2D eigenvalue weighted by Crippen LogP contribution is -2.09.